The Morgan fingerprint density at radius 3 is 2.35 bits per heavy atom. The largest absolute Gasteiger partial charge is 0.497 e. The summed E-state index contributed by atoms with van der Waals surface area (Å²) in [5.74, 6) is -9.31. The molecule has 2 aromatic rings. The van der Waals surface area contributed by atoms with Gasteiger partial charge in [0, 0.05) is 18.4 Å². The van der Waals surface area contributed by atoms with Gasteiger partial charge in [-0.3, -0.25) is 19.1 Å². The van der Waals surface area contributed by atoms with Gasteiger partial charge >= 0.3 is 6.09 Å². The van der Waals surface area contributed by atoms with Crippen molar-refractivity contribution < 1.29 is 59.4 Å². The molecular weight excluding hydrogens is 853 g/mol. The van der Waals surface area contributed by atoms with Crippen molar-refractivity contribution in [3.05, 3.63) is 23.9 Å². The number of hydrogen-bond donors (Lipinski definition) is 3. The molecule has 20 heteroatoms. The lowest BCUT2D eigenvalue weighted by Gasteiger charge is -2.36. The summed E-state index contributed by atoms with van der Waals surface area (Å²) in [5.41, 5.74) is -3.83. The lowest BCUT2D eigenvalue weighted by atomic mass is 9.71. The summed E-state index contributed by atoms with van der Waals surface area (Å²) < 4.78 is 106. The highest BCUT2D eigenvalue weighted by atomic mass is 32.2. The average Bonchev–Trinajstić information content (AvgIpc) is 4.09. The van der Waals surface area contributed by atoms with Gasteiger partial charge in [0.15, 0.2) is 5.69 Å². The van der Waals surface area contributed by atoms with Gasteiger partial charge in [0.1, 0.15) is 35.6 Å². The molecule has 1 aromatic heterocycles. The fraction of sp³-hybridized carbons (Fsp3) is 0.721. The van der Waals surface area contributed by atoms with Crippen LogP contribution in [0.25, 0.3) is 11.0 Å². The van der Waals surface area contributed by atoms with Gasteiger partial charge in [-0.25, -0.2) is 32.0 Å². The third-order valence-corrected chi connectivity index (χ3v) is 16.8. The Morgan fingerprint density at radius 1 is 1.00 bits per heavy atom. The minimum atomic E-state index is -4.32. The smallest absolute Gasteiger partial charge is 0.408 e. The zero-order valence-corrected chi connectivity index (χ0v) is 37.0. The van der Waals surface area contributed by atoms with Gasteiger partial charge in [-0.2, -0.15) is 8.78 Å². The maximum absolute atomic E-state index is 16.6. The van der Waals surface area contributed by atoms with Crippen molar-refractivity contribution >= 4 is 44.9 Å². The van der Waals surface area contributed by atoms with E-state index in [-0.39, 0.29) is 42.1 Å². The maximum Gasteiger partial charge on any atom is 0.408 e. The molecule has 1 saturated heterocycles. The monoisotopic (exact) mass is 908 g/mol. The number of carbonyl (C=O) groups excluding carboxylic acids is 4. The van der Waals surface area contributed by atoms with Crippen molar-refractivity contribution in [3.8, 4) is 11.6 Å². The highest BCUT2D eigenvalue weighted by Crippen LogP contribution is 2.54. The number of ether oxygens (including phenoxy) is 3. The first-order valence-corrected chi connectivity index (χ1v) is 23.3. The normalized spacial score (nSPS) is 33.8. The van der Waals surface area contributed by atoms with Crippen LogP contribution in [0.4, 0.5) is 22.4 Å². The van der Waals surface area contributed by atoms with Gasteiger partial charge in [0.05, 0.1) is 35.4 Å². The lowest BCUT2D eigenvalue weighted by Crippen LogP contribution is -2.61. The van der Waals surface area contributed by atoms with E-state index in [0.29, 0.717) is 30.9 Å². The molecule has 2 aliphatic heterocycles. The van der Waals surface area contributed by atoms with Gasteiger partial charge in [0.2, 0.25) is 34.1 Å². The van der Waals surface area contributed by atoms with Crippen LogP contribution in [0.15, 0.2) is 18.2 Å². The van der Waals surface area contributed by atoms with Crippen molar-refractivity contribution in [1.29, 1.82) is 0 Å². The van der Waals surface area contributed by atoms with Gasteiger partial charge in [-0.1, -0.05) is 34.1 Å². The van der Waals surface area contributed by atoms with Crippen molar-refractivity contribution in [2.75, 3.05) is 13.7 Å². The summed E-state index contributed by atoms with van der Waals surface area (Å²) in [6.07, 6.45) is -2.92. The second-order valence-corrected chi connectivity index (χ2v) is 22.1. The number of alkyl carbamates (subject to hydrolysis) is 1. The number of aromatic nitrogens is 2. The van der Waals surface area contributed by atoms with Gasteiger partial charge < -0.3 is 29.7 Å². The summed E-state index contributed by atoms with van der Waals surface area (Å²) in [6.45, 7) is 7.52. The highest BCUT2D eigenvalue weighted by molar-refractivity contribution is 7.91. The quantitative estimate of drug-likeness (QED) is 0.293. The average molecular weight is 909 g/mol. The number of benzene rings is 1. The van der Waals surface area contributed by atoms with E-state index in [1.165, 1.54) is 33.1 Å². The van der Waals surface area contributed by atoms with Crippen LogP contribution in [-0.2, 0) is 35.1 Å². The summed E-state index contributed by atoms with van der Waals surface area (Å²) in [4.78, 5) is 67.0. The lowest BCUT2D eigenvalue weighted by molar-refractivity contribution is -0.143. The van der Waals surface area contributed by atoms with E-state index < -0.39 is 129 Å². The predicted molar refractivity (Wildman–Crippen MR) is 218 cm³/mol. The Bertz CT molecular complexity index is 2290. The van der Waals surface area contributed by atoms with Crippen LogP contribution in [0.3, 0.4) is 0 Å². The number of hydrogen-bond acceptors (Lipinski definition) is 11. The SMILES string of the molecule is COc1ccc2nc3c(nc2c1)O[C@H]1CN(C(=O)[C@H](C(C)(C)C)NC(=O)O[C@@H]2C[C@@H]4CC[C@@H]4[C@H]2CCCCC3(F)F)[C@H](C(=O)N[C@]2(C(=O)NS(=O)(=O)C3(C)CC3)C[C@H]2C(F)F)[C@@H]1C. The summed E-state index contributed by atoms with van der Waals surface area (Å²) in [6, 6.07) is 1.59. The number of amides is 4. The van der Waals surface area contributed by atoms with E-state index in [1.807, 2.05) is 4.72 Å². The van der Waals surface area contributed by atoms with Gasteiger partial charge in [-0.05, 0) is 93.6 Å². The molecule has 346 valence electrons. The molecule has 0 unspecified atom stereocenters. The minimum absolute atomic E-state index is 0.0699. The van der Waals surface area contributed by atoms with Crippen LogP contribution in [0.1, 0.15) is 105 Å². The van der Waals surface area contributed by atoms with Crippen molar-refractivity contribution in [1.82, 2.24) is 30.2 Å². The number of rotatable bonds is 7. The Morgan fingerprint density at radius 2 is 1.73 bits per heavy atom. The zero-order chi connectivity index (χ0) is 45.6. The highest BCUT2D eigenvalue weighted by Gasteiger charge is 2.68. The van der Waals surface area contributed by atoms with Crippen molar-refractivity contribution in [2.24, 2.45) is 35.0 Å². The van der Waals surface area contributed by atoms with Crippen molar-refractivity contribution in [2.45, 2.75) is 146 Å². The van der Waals surface area contributed by atoms with Crippen LogP contribution in [-0.4, -0.2) is 102 Å². The van der Waals surface area contributed by atoms with Gasteiger partial charge in [-0.15, -0.1) is 0 Å². The first-order chi connectivity index (χ1) is 29.5. The van der Waals surface area contributed by atoms with E-state index in [2.05, 4.69) is 20.6 Å². The zero-order valence-electron chi connectivity index (χ0n) is 36.2. The molecule has 1 aromatic carbocycles. The number of sulfonamides is 1. The first kappa shape index (κ1) is 45.1. The van der Waals surface area contributed by atoms with Crippen LogP contribution < -0.4 is 24.8 Å². The molecule has 6 aliphatic rings. The Balaban J connectivity index is 1.18. The van der Waals surface area contributed by atoms with Gasteiger partial charge in [0.25, 0.3) is 11.8 Å². The number of nitrogens with zero attached hydrogens (tertiary/aromatic N) is 3. The van der Waals surface area contributed by atoms with E-state index >= 15 is 8.78 Å². The van der Waals surface area contributed by atoms with E-state index in [4.69, 9.17) is 14.2 Å². The molecule has 5 fully saturated rings. The molecule has 4 saturated carbocycles. The molecule has 4 amide bonds. The maximum atomic E-state index is 16.6. The van der Waals surface area contributed by atoms with E-state index in [1.54, 1.807) is 26.8 Å². The predicted octanol–water partition coefficient (Wildman–Crippen LogP) is 5.59. The van der Waals surface area contributed by atoms with Crippen LogP contribution in [0, 0.1) is 35.0 Å². The number of nitrogens with one attached hydrogen (secondary N) is 3. The summed E-state index contributed by atoms with van der Waals surface area (Å²) in [5, 5.41) is 5.14. The number of halogens is 4. The second-order valence-electron chi connectivity index (χ2n) is 19.9. The summed E-state index contributed by atoms with van der Waals surface area (Å²) in [7, 11) is -2.89. The molecule has 3 N–H and O–H groups in total. The molecular formula is C43H56F4N6O9S. The number of methoxy groups -OCH3 is 1. The molecule has 2 bridgehead atoms. The molecule has 8 rings (SSSR count). The molecule has 0 spiro atoms. The molecule has 63 heavy (non-hydrogen) atoms. The Hall–Kier alpha value is -4.49. The van der Waals surface area contributed by atoms with Crippen LogP contribution >= 0.6 is 0 Å². The minimum Gasteiger partial charge on any atom is -0.497 e. The number of alkyl halides is 4. The summed E-state index contributed by atoms with van der Waals surface area (Å²) >= 11 is 0. The standard InChI is InChI=1S/C43H56F4N6O9S/c1-21-30-20-53(31(21)35(54)51-42(19-26(42)34(44)45)38(56)52-63(58,59)41(5)15-16-41)37(55)33(40(2,3)4)50-39(57)62-29-17-22-10-12-24(22)25(29)9-7-8-14-43(46,47)32-36(61-30)49-28-18-23(60-6)11-13-27(28)48-32/h11,13,18,21-22,24-26,29-31,33-34H,7-10,12,14-17,19-20H2,1-6H3,(H,50,57)(H,51,54)(H,52,56)/t21-,22+,24+,25-,26+,29-,30+,31+,33-,42-/m1/s1. The van der Waals surface area contributed by atoms with E-state index in [0.717, 1.165) is 17.7 Å². The number of fused-ring (bicyclic) bond motifs is 7. The third-order valence-electron chi connectivity index (χ3n) is 14.6. The Labute approximate surface area is 363 Å². The fourth-order valence-electron chi connectivity index (χ4n) is 10.1. The van der Waals surface area contributed by atoms with Crippen molar-refractivity contribution in [3.63, 3.8) is 0 Å². The number of carbonyl (C=O) groups is 4. The molecule has 3 heterocycles. The Kier molecular flexibility index (Phi) is 11.4. The van der Waals surface area contributed by atoms with Crippen LogP contribution in [0.5, 0.6) is 11.6 Å². The third kappa shape index (κ3) is 8.26. The topological polar surface area (TPSA) is 195 Å². The first-order valence-electron chi connectivity index (χ1n) is 21.8. The molecule has 4 aliphatic carbocycles. The van der Waals surface area contributed by atoms with E-state index in [9.17, 15) is 36.4 Å². The second kappa shape index (κ2) is 15.9. The molecule has 10 atom stereocenters. The van der Waals surface area contributed by atoms with Crippen LogP contribution in [0.2, 0.25) is 0 Å². The fourth-order valence-corrected chi connectivity index (χ4v) is 11.4. The molecule has 15 nitrogen and oxygen atoms in total. The molecule has 0 radical (unpaired) electrons.